The van der Waals surface area contributed by atoms with Crippen molar-refractivity contribution in [2.45, 2.75) is 12.5 Å². The Morgan fingerprint density at radius 3 is 2.14 bits per heavy atom. The molecule has 3 N–H and O–H groups in total. The van der Waals surface area contributed by atoms with E-state index in [0.29, 0.717) is 0 Å². The van der Waals surface area contributed by atoms with Crippen molar-refractivity contribution >= 4 is 5.97 Å². The quantitative estimate of drug-likeness (QED) is 0.781. The molecular formula is C9H9F2NO2. The zero-order chi connectivity index (χ0) is 10.7. The van der Waals surface area contributed by atoms with Crippen LogP contribution in [0.25, 0.3) is 0 Å². The van der Waals surface area contributed by atoms with Crippen LogP contribution in [0.2, 0.25) is 0 Å². The summed E-state index contributed by atoms with van der Waals surface area (Å²) in [5.74, 6) is -1.10. The van der Waals surface area contributed by atoms with Crippen LogP contribution in [-0.4, -0.2) is 17.5 Å². The van der Waals surface area contributed by atoms with E-state index >= 15 is 0 Å². The highest BCUT2D eigenvalue weighted by Crippen LogP contribution is 2.18. The van der Waals surface area contributed by atoms with Crippen molar-refractivity contribution < 1.29 is 18.7 Å². The van der Waals surface area contributed by atoms with Gasteiger partial charge in [0.2, 0.25) is 0 Å². The predicted octanol–water partition coefficient (Wildman–Crippen LogP) is 1.65. The Hall–Kier alpha value is -1.49. The van der Waals surface area contributed by atoms with Crippen LogP contribution in [0, 0.1) is 0 Å². The summed E-state index contributed by atoms with van der Waals surface area (Å²) in [5, 5.41) is 8.54. The van der Waals surface area contributed by atoms with Gasteiger partial charge in [0.1, 0.15) is 0 Å². The first-order valence-corrected chi connectivity index (χ1v) is 3.89. The Balaban J connectivity index is 2.88. The number of carbonyl (C=O) groups is 1. The second kappa shape index (κ2) is 4.15. The van der Waals surface area contributed by atoms with Gasteiger partial charge in [-0.1, -0.05) is 12.1 Å². The number of carboxylic acid groups (broad SMARTS) is 1. The number of benzene rings is 1. The summed E-state index contributed by atoms with van der Waals surface area (Å²) in [7, 11) is 0. The second-order valence-corrected chi connectivity index (χ2v) is 2.79. The van der Waals surface area contributed by atoms with E-state index in [1.807, 2.05) is 0 Å². The molecule has 1 atom stereocenters. The molecule has 0 bridgehead atoms. The maximum absolute atomic E-state index is 12.1. The monoisotopic (exact) mass is 201 g/mol. The van der Waals surface area contributed by atoms with Gasteiger partial charge in [-0.2, -0.15) is 0 Å². The van der Waals surface area contributed by atoms with Crippen molar-refractivity contribution in [3.63, 3.8) is 0 Å². The maximum atomic E-state index is 12.1. The third-order valence-corrected chi connectivity index (χ3v) is 1.81. The molecule has 76 valence electrons. The third-order valence-electron chi connectivity index (χ3n) is 1.81. The summed E-state index contributed by atoms with van der Waals surface area (Å²) in [6.45, 7) is 0. The predicted molar refractivity (Wildman–Crippen MR) is 46.3 cm³/mol. The van der Waals surface area contributed by atoms with Gasteiger partial charge < -0.3 is 10.8 Å². The molecule has 0 spiro atoms. The molecule has 1 aromatic carbocycles. The van der Waals surface area contributed by atoms with E-state index in [-0.39, 0.29) is 11.1 Å². The molecule has 1 aromatic rings. The van der Waals surface area contributed by atoms with E-state index in [9.17, 15) is 13.6 Å². The fraction of sp³-hybridized carbons (Fsp3) is 0.222. The zero-order valence-electron chi connectivity index (χ0n) is 7.15. The van der Waals surface area contributed by atoms with Crippen LogP contribution in [0.15, 0.2) is 24.3 Å². The number of hydrogen-bond acceptors (Lipinski definition) is 2. The van der Waals surface area contributed by atoms with Gasteiger partial charge >= 0.3 is 5.97 Å². The topological polar surface area (TPSA) is 63.3 Å². The van der Waals surface area contributed by atoms with Crippen molar-refractivity contribution in [3.05, 3.63) is 35.4 Å². The standard InChI is InChI=1S/C9H9F2NO2/c10-8(11)7(12)5-1-3-6(4-2-5)9(13)14/h1-4,7-8H,12H2,(H,13,14)/t7-/m0/s1. The van der Waals surface area contributed by atoms with Crippen molar-refractivity contribution in [3.8, 4) is 0 Å². The molecular weight excluding hydrogens is 192 g/mol. The minimum atomic E-state index is -2.65. The van der Waals surface area contributed by atoms with Crippen LogP contribution >= 0.6 is 0 Å². The van der Waals surface area contributed by atoms with E-state index in [2.05, 4.69) is 0 Å². The lowest BCUT2D eigenvalue weighted by molar-refractivity contribution is 0.0697. The molecule has 0 amide bonds. The van der Waals surface area contributed by atoms with Crippen LogP contribution in [0.3, 0.4) is 0 Å². The van der Waals surface area contributed by atoms with Gasteiger partial charge in [0.15, 0.2) is 0 Å². The first-order valence-electron chi connectivity index (χ1n) is 3.89. The Kier molecular flexibility index (Phi) is 3.14. The third kappa shape index (κ3) is 2.26. The SMILES string of the molecule is N[C@@H](c1ccc(C(=O)O)cc1)C(F)F. The normalized spacial score (nSPS) is 12.9. The number of nitrogens with two attached hydrogens (primary N) is 1. The van der Waals surface area contributed by atoms with Gasteiger partial charge in [-0.3, -0.25) is 0 Å². The van der Waals surface area contributed by atoms with E-state index < -0.39 is 18.4 Å². The summed E-state index contributed by atoms with van der Waals surface area (Å²) < 4.78 is 24.3. The molecule has 0 fully saturated rings. The Morgan fingerprint density at radius 1 is 1.29 bits per heavy atom. The Morgan fingerprint density at radius 2 is 1.79 bits per heavy atom. The number of carboxylic acids is 1. The number of halogens is 2. The molecule has 3 nitrogen and oxygen atoms in total. The highest BCUT2D eigenvalue weighted by molar-refractivity contribution is 5.87. The van der Waals surface area contributed by atoms with E-state index in [4.69, 9.17) is 10.8 Å². The highest BCUT2D eigenvalue weighted by atomic mass is 19.3. The number of hydrogen-bond donors (Lipinski definition) is 2. The van der Waals surface area contributed by atoms with Gasteiger partial charge in [-0.15, -0.1) is 0 Å². The van der Waals surface area contributed by atoms with Gasteiger partial charge in [-0.25, -0.2) is 13.6 Å². The lowest BCUT2D eigenvalue weighted by Gasteiger charge is -2.10. The lowest BCUT2D eigenvalue weighted by Crippen LogP contribution is -2.18. The van der Waals surface area contributed by atoms with Gasteiger partial charge in [-0.05, 0) is 17.7 Å². The summed E-state index contributed by atoms with van der Waals surface area (Å²) in [5.41, 5.74) is 5.44. The lowest BCUT2D eigenvalue weighted by atomic mass is 10.1. The van der Waals surface area contributed by atoms with Crippen LogP contribution in [0.4, 0.5) is 8.78 Å². The van der Waals surface area contributed by atoms with Gasteiger partial charge in [0.05, 0.1) is 11.6 Å². The smallest absolute Gasteiger partial charge is 0.335 e. The Bertz CT molecular complexity index is 324. The van der Waals surface area contributed by atoms with Crippen molar-refractivity contribution in [1.82, 2.24) is 0 Å². The molecule has 0 saturated heterocycles. The zero-order valence-corrected chi connectivity index (χ0v) is 7.15. The van der Waals surface area contributed by atoms with E-state index in [1.54, 1.807) is 0 Å². The molecule has 0 aliphatic carbocycles. The molecule has 14 heavy (non-hydrogen) atoms. The summed E-state index contributed by atoms with van der Waals surface area (Å²) in [4.78, 5) is 10.4. The first-order chi connectivity index (χ1) is 6.52. The van der Waals surface area contributed by atoms with Crippen LogP contribution < -0.4 is 5.73 Å². The molecule has 0 aliphatic rings. The molecule has 0 aromatic heterocycles. The summed E-state index contributed by atoms with van der Waals surface area (Å²) in [6, 6.07) is 3.72. The molecule has 0 heterocycles. The minimum Gasteiger partial charge on any atom is -0.478 e. The fourth-order valence-electron chi connectivity index (χ4n) is 0.993. The average Bonchev–Trinajstić information content (AvgIpc) is 2.16. The average molecular weight is 201 g/mol. The molecule has 0 saturated carbocycles. The fourth-order valence-corrected chi connectivity index (χ4v) is 0.993. The van der Waals surface area contributed by atoms with Crippen molar-refractivity contribution in [2.75, 3.05) is 0 Å². The minimum absolute atomic E-state index is 0.0511. The highest BCUT2D eigenvalue weighted by Gasteiger charge is 2.17. The van der Waals surface area contributed by atoms with Crippen LogP contribution in [0.1, 0.15) is 22.0 Å². The summed E-state index contributed by atoms with van der Waals surface area (Å²) >= 11 is 0. The van der Waals surface area contributed by atoms with E-state index in [1.165, 1.54) is 24.3 Å². The largest absolute Gasteiger partial charge is 0.478 e. The van der Waals surface area contributed by atoms with E-state index in [0.717, 1.165) is 0 Å². The van der Waals surface area contributed by atoms with Crippen molar-refractivity contribution in [2.24, 2.45) is 5.73 Å². The first kappa shape index (κ1) is 10.6. The summed E-state index contributed by atoms with van der Waals surface area (Å²) in [6.07, 6.45) is -2.65. The second-order valence-electron chi connectivity index (χ2n) is 2.79. The number of alkyl halides is 2. The van der Waals surface area contributed by atoms with Crippen molar-refractivity contribution in [1.29, 1.82) is 0 Å². The van der Waals surface area contributed by atoms with Gasteiger partial charge in [0.25, 0.3) is 6.43 Å². The molecule has 5 heteroatoms. The van der Waals surface area contributed by atoms with Gasteiger partial charge in [0, 0.05) is 0 Å². The van der Waals surface area contributed by atoms with Crippen LogP contribution in [0.5, 0.6) is 0 Å². The molecule has 0 radical (unpaired) electrons. The Labute approximate surface area is 79.2 Å². The number of aromatic carboxylic acids is 1. The number of rotatable bonds is 3. The van der Waals surface area contributed by atoms with Crippen LogP contribution in [-0.2, 0) is 0 Å². The molecule has 0 aliphatic heterocycles. The molecule has 0 unspecified atom stereocenters. The maximum Gasteiger partial charge on any atom is 0.335 e. The molecule has 1 rings (SSSR count).